The van der Waals surface area contributed by atoms with E-state index in [1.165, 1.54) is 0 Å². The summed E-state index contributed by atoms with van der Waals surface area (Å²) in [6.07, 6.45) is 0.589. The molecule has 0 N–H and O–H groups in total. The Morgan fingerprint density at radius 2 is 2.15 bits per heavy atom. The van der Waals surface area contributed by atoms with Crippen LogP contribution in [0.25, 0.3) is 0 Å². The van der Waals surface area contributed by atoms with Crippen molar-refractivity contribution in [3.8, 4) is 0 Å². The van der Waals surface area contributed by atoms with Gasteiger partial charge in [0.05, 0.1) is 17.5 Å². The number of benzene rings is 1. The molecule has 1 aromatic rings. The Kier molecular flexibility index (Phi) is 4.52. The monoisotopic (exact) mass is 315 g/mol. The van der Waals surface area contributed by atoms with Crippen LogP contribution in [0.3, 0.4) is 0 Å². The summed E-state index contributed by atoms with van der Waals surface area (Å²) in [5, 5.41) is 0.522. The van der Waals surface area contributed by atoms with Crippen LogP contribution in [0.15, 0.2) is 24.3 Å². The average Bonchev–Trinajstić information content (AvgIpc) is 2.76. The Morgan fingerprint density at radius 3 is 2.70 bits per heavy atom. The maximum atomic E-state index is 12.4. The van der Waals surface area contributed by atoms with Gasteiger partial charge in [-0.15, -0.1) is 0 Å². The second-order valence-electron chi connectivity index (χ2n) is 5.27. The van der Waals surface area contributed by atoms with E-state index in [4.69, 9.17) is 11.6 Å². The normalized spacial score (nSPS) is 22.9. The number of sulfone groups is 1. The highest BCUT2D eigenvalue weighted by Gasteiger charge is 2.34. The quantitative estimate of drug-likeness (QED) is 0.798. The van der Waals surface area contributed by atoms with Crippen LogP contribution in [-0.2, 0) is 9.84 Å². The summed E-state index contributed by atoms with van der Waals surface area (Å²) in [6.45, 7) is 1.80. The molecule has 1 aliphatic rings. The second-order valence-corrected chi connectivity index (χ2v) is 7.94. The maximum Gasteiger partial charge on any atom is 0.179 e. The lowest BCUT2D eigenvalue weighted by molar-refractivity contribution is 0.0830. The number of hydrogen-bond acceptors (Lipinski definition) is 4. The fourth-order valence-corrected chi connectivity index (χ4v) is 4.46. The Morgan fingerprint density at radius 1 is 1.45 bits per heavy atom. The molecule has 1 saturated heterocycles. The lowest BCUT2D eigenvalue weighted by Crippen LogP contribution is -2.43. The molecule has 0 bridgehead atoms. The van der Waals surface area contributed by atoms with Gasteiger partial charge < -0.3 is 0 Å². The molecule has 1 fully saturated rings. The van der Waals surface area contributed by atoms with Gasteiger partial charge in [0, 0.05) is 16.6 Å². The van der Waals surface area contributed by atoms with E-state index in [9.17, 15) is 13.2 Å². The van der Waals surface area contributed by atoms with Crippen molar-refractivity contribution < 1.29 is 13.2 Å². The average molecular weight is 316 g/mol. The van der Waals surface area contributed by atoms with Crippen molar-refractivity contribution in [1.82, 2.24) is 4.90 Å². The summed E-state index contributed by atoms with van der Waals surface area (Å²) < 4.78 is 23.0. The van der Waals surface area contributed by atoms with Crippen LogP contribution in [0.5, 0.6) is 0 Å². The molecule has 0 amide bonds. The van der Waals surface area contributed by atoms with E-state index >= 15 is 0 Å². The zero-order valence-corrected chi connectivity index (χ0v) is 13.1. The fourth-order valence-electron chi connectivity index (χ4n) is 2.48. The van der Waals surface area contributed by atoms with E-state index in [0.717, 1.165) is 0 Å². The summed E-state index contributed by atoms with van der Waals surface area (Å²) >= 11 is 5.89. The van der Waals surface area contributed by atoms with Crippen molar-refractivity contribution >= 4 is 27.2 Å². The summed E-state index contributed by atoms with van der Waals surface area (Å²) in [4.78, 5) is 14.3. The predicted octanol–water partition coefficient (Wildman–Crippen LogP) is 2.03. The van der Waals surface area contributed by atoms with Crippen LogP contribution in [0.4, 0.5) is 0 Å². The van der Waals surface area contributed by atoms with Crippen molar-refractivity contribution in [2.45, 2.75) is 25.4 Å². The molecule has 1 aliphatic heterocycles. The van der Waals surface area contributed by atoms with Gasteiger partial charge in [-0.05, 0) is 32.5 Å². The molecule has 0 spiro atoms. The first-order valence-electron chi connectivity index (χ1n) is 6.52. The zero-order chi connectivity index (χ0) is 14.9. The van der Waals surface area contributed by atoms with Crippen LogP contribution in [0, 0.1) is 0 Å². The molecule has 2 unspecified atom stereocenters. The highest BCUT2D eigenvalue weighted by molar-refractivity contribution is 7.91. The summed E-state index contributed by atoms with van der Waals surface area (Å²) in [5.74, 6) is 0.302. The lowest BCUT2D eigenvalue weighted by Gasteiger charge is -2.28. The van der Waals surface area contributed by atoms with Gasteiger partial charge in [0.2, 0.25) is 0 Å². The van der Waals surface area contributed by atoms with Crippen LogP contribution in [-0.4, -0.2) is 49.7 Å². The summed E-state index contributed by atoms with van der Waals surface area (Å²) in [7, 11) is -1.14. The standard InChI is InChI=1S/C14H18ClNO3S/c1-10(14(17)11-4-3-5-12(15)8-11)16(2)13-6-7-20(18,19)9-13/h3-5,8,10,13H,6-7,9H2,1-2H3. The molecule has 0 saturated carbocycles. The Labute approximate surface area is 124 Å². The number of likely N-dealkylation sites (N-methyl/N-ethyl adjacent to an activating group) is 1. The number of nitrogens with zero attached hydrogens (tertiary/aromatic N) is 1. The van der Waals surface area contributed by atoms with Gasteiger partial charge in [0.15, 0.2) is 15.6 Å². The van der Waals surface area contributed by atoms with E-state index in [-0.39, 0.29) is 29.4 Å². The van der Waals surface area contributed by atoms with Gasteiger partial charge in [-0.2, -0.15) is 0 Å². The molecule has 6 heteroatoms. The molecule has 0 aromatic heterocycles. The number of ketones is 1. The molecule has 0 radical (unpaired) electrons. The number of rotatable bonds is 4. The topological polar surface area (TPSA) is 54.5 Å². The summed E-state index contributed by atoms with van der Waals surface area (Å²) in [5.41, 5.74) is 0.553. The minimum absolute atomic E-state index is 0.0423. The third-order valence-corrected chi connectivity index (χ3v) is 5.87. The molecule has 2 rings (SSSR count). The first-order valence-corrected chi connectivity index (χ1v) is 8.72. The van der Waals surface area contributed by atoms with E-state index in [2.05, 4.69) is 0 Å². The minimum Gasteiger partial charge on any atom is -0.293 e. The Hall–Kier alpha value is -0.910. The highest BCUT2D eigenvalue weighted by atomic mass is 35.5. The van der Waals surface area contributed by atoms with Gasteiger partial charge in [-0.25, -0.2) is 8.42 Å². The number of hydrogen-bond donors (Lipinski definition) is 0. The lowest BCUT2D eigenvalue weighted by atomic mass is 10.0. The van der Waals surface area contributed by atoms with Gasteiger partial charge in [-0.1, -0.05) is 23.7 Å². The largest absolute Gasteiger partial charge is 0.293 e. The van der Waals surface area contributed by atoms with Gasteiger partial charge in [-0.3, -0.25) is 9.69 Å². The van der Waals surface area contributed by atoms with E-state index in [1.807, 2.05) is 4.90 Å². The minimum atomic E-state index is -2.95. The van der Waals surface area contributed by atoms with Gasteiger partial charge >= 0.3 is 0 Å². The Bertz CT molecular complexity index is 615. The second kappa shape index (κ2) is 5.84. The van der Waals surface area contributed by atoms with Crippen molar-refractivity contribution in [2.24, 2.45) is 0 Å². The third kappa shape index (κ3) is 3.40. The fraction of sp³-hybridized carbons (Fsp3) is 0.500. The van der Waals surface area contributed by atoms with Crippen molar-refractivity contribution in [3.63, 3.8) is 0 Å². The number of Topliss-reactive ketones (excluding diaryl/α,β-unsaturated/α-hetero) is 1. The summed E-state index contributed by atoms with van der Waals surface area (Å²) in [6, 6.07) is 6.37. The molecule has 4 nitrogen and oxygen atoms in total. The molecule has 0 aliphatic carbocycles. The molecular weight excluding hydrogens is 298 g/mol. The van der Waals surface area contributed by atoms with Crippen molar-refractivity contribution in [3.05, 3.63) is 34.9 Å². The van der Waals surface area contributed by atoms with Crippen LogP contribution in [0.2, 0.25) is 5.02 Å². The number of carbonyl (C=O) groups excluding carboxylic acids is 1. The molecule has 1 heterocycles. The first-order chi connectivity index (χ1) is 9.30. The van der Waals surface area contributed by atoms with Crippen molar-refractivity contribution in [1.29, 1.82) is 0 Å². The molecule has 20 heavy (non-hydrogen) atoms. The number of carbonyl (C=O) groups is 1. The molecule has 1 aromatic carbocycles. The maximum absolute atomic E-state index is 12.4. The van der Waals surface area contributed by atoms with E-state index in [0.29, 0.717) is 17.0 Å². The molecule has 110 valence electrons. The number of halogens is 1. The predicted molar refractivity (Wildman–Crippen MR) is 80.1 cm³/mol. The van der Waals surface area contributed by atoms with Crippen molar-refractivity contribution in [2.75, 3.05) is 18.6 Å². The van der Waals surface area contributed by atoms with Crippen LogP contribution in [0.1, 0.15) is 23.7 Å². The van der Waals surface area contributed by atoms with E-state index < -0.39 is 9.84 Å². The van der Waals surface area contributed by atoms with Gasteiger partial charge in [0.25, 0.3) is 0 Å². The SMILES string of the molecule is CC(C(=O)c1cccc(Cl)c1)N(C)C1CCS(=O)(=O)C1. The molecule has 2 atom stereocenters. The zero-order valence-electron chi connectivity index (χ0n) is 11.5. The van der Waals surface area contributed by atoms with Crippen LogP contribution < -0.4 is 0 Å². The Balaban J connectivity index is 2.11. The molecular formula is C14H18ClNO3S. The third-order valence-electron chi connectivity index (χ3n) is 3.88. The van der Waals surface area contributed by atoms with E-state index in [1.54, 1.807) is 38.2 Å². The van der Waals surface area contributed by atoms with Crippen LogP contribution >= 0.6 is 11.6 Å². The smallest absolute Gasteiger partial charge is 0.179 e. The highest BCUT2D eigenvalue weighted by Crippen LogP contribution is 2.21. The first kappa shape index (κ1) is 15.5. The van der Waals surface area contributed by atoms with Gasteiger partial charge in [0.1, 0.15) is 0 Å².